The van der Waals surface area contributed by atoms with Crippen LogP contribution in [0, 0.1) is 6.92 Å². The fraction of sp³-hybridized carbons (Fsp3) is 0.0667. The molecule has 0 saturated heterocycles. The van der Waals surface area contributed by atoms with Crippen molar-refractivity contribution in [1.82, 2.24) is 0 Å². The van der Waals surface area contributed by atoms with Gasteiger partial charge < -0.3 is 0 Å². The van der Waals surface area contributed by atoms with Gasteiger partial charge in [-0.3, -0.25) is 0 Å². The van der Waals surface area contributed by atoms with Crippen LogP contribution in [-0.2, 0) is 9.84 Å². The van der Waals surface area contributed by atoms with Crippen molar-refractivity contribution in [2.24, 2.45) is 0 Å². The standard InChI is InChI=1S/C15H12BrClO2S/c1-11-5-7-14(8-6-11)20(18,19)10-15(17)12-3-2-4-13(16)9-12/h2-10H,1H3/b15-10-. The van der Waals surface area contributed by atoms with Crippen molar-refractivity contribution in [3.63, 3.8) is 0 Å². The molecule has 0 aromatic heterocycles. The Bertz CT molecular complexity index is 750. The lowest BCUT2D eigenvalue weighted by molar-refractivity contribution is 0.605. The molecule has 0 heterocycles. The van der Waals surface area contributed by atoms with Crippen LogP contribution in [0.3, 0.4) is 0 Å². The molecule has 0 N–H and O–H groups in total. The second-order valence-corrected chi connectivity index (χ2v) is 7.45. The lowest BCUT2D eigenvalue weighted by Crippen LogP contribution is -1.97. The van der Waals surface area contributed by atoms with Crippen LogP contribution in [0.4, 0.5) is 0 Å². The van der Waals surface area contributed by atoms with E-state index in [1.165, 1.54) is 0 Å². The van der Waals surface area contributed by atoms with Gasteiger partial charge in [-0.15, -0.1) is 0 Å². The van der Waals surface area contributed by atoms with Crippen LogP contribution in [-0.4, -0.2) is 8.42 Å². The van der Waals surface area contributed by atoms with Crippen LogP contribution in [0.15, 0.2) is 63.3 Å². The molecule has 0 spiro atoms. The van der Waals surface area contributed by atoms with Gasteiger partial charge in [-0.25, -0.2) is 8.42 Å². The number of halogens is 2. The third-order valence-electron chi connectivity index (χ3n) is 2.71. The summed E-state index contributed by atoms with van der Waals surface area (Å²) in [5, 5.41) is 1.27. The summed E-state index contributed by atoms with van der Waals surface area (Å²) in [6.45, 7) is 1.90. The summed E-state index contributed by atoms with van der Waals surface area (Å²) in [6, 6.07) is 13.8. The van der Waals surface area contributed by atoms with Gasteiger partial charge >= 0.3 is 0 Å². The Morgan fingerprint density at radius 1 is 1.15 bits per heavy atom. The van der Waals surface area contributed by atoms with Crippen molar-refractivity contribution in [1.29, 1.82) is 0 Å². The number of sulfone groups is 1. The summed E-state index contributed by atoms with van der Waals surface area (Å²) in [5.41, 5.74) is 1.66. The van der Waals surface area contributed by atoms with Gasteiger partial charge in [-0.2, -0.15) is 0 Å². The first-order valence-electron chi connectivity index (χ1n) is 5.83. The lowest BCUT2D eigenvalue weighted by atomic mass is 10.2. The highest BCUT2D eigenvalue weighted by Gasteiger charge is 2.13. The number of rotatable bonds is 3. The number of hydrogen-bond donors (Lipinski definition) is 0. The van der Waals surface area contributed by atoms with Gasteiger partial charge in [0.2, 0.25) is 9.84 Å². The Balaban J connectivity index is 2.40. The van der Waals surface area contributed by atoms with E-state index in [1.54, 1.807) is 42.5 Å². The topological polar surface area (TPSA) is 34.1 Å². The third-order valence-corrected chi connectivity index (χ3v) is 5.13. The molecular weight excluding hydrogens is 360 g/mol. The van der Waals surface area contributed by atoms with Crippen molar-refractivity contribution in [2.75, 3.05) is 0 Å². The van der Waals surface area contributed by atoms with Gasteiger partial charge in [0.25, 0.3) is 0 Å². The largest absolute Gasteiger partial charge is 0.219 e. The van der Waals surface area contributed by atoms with Crippen LogP contribution in [0.2, 0.25) is 0 Å². The molecule has 2 nitrogen and oxygen atoms in total. The minimum Gasteiger partial charge on any atom is -0.219 e. The van der Waals surface area contributed by atoms with Crippen LogP contribution >= 0.6 is 27.5 Å². The fourth-order valence-electron chi connectivity index (χ4n) is 1.64. The van der Waals surface area contributed by atoms with E-state index in [2.05, 4.69) is 15.9 Å². The molecular formula is C15H12BrClO2S. The molecule has 0 aliphatic rings. The highest BCUT2D eigenvalue weighted by Crippen LogP contribution is 2.25. The number of aryl methyl sites for hydroxylation is 1. The van der Waals surface area contributed by atoms with Crippen LogP contribution in [0.5, 0.6) is 0 Å². The first-order valence-corrected chi connectivity index (χ1v) is 8.55. The maximum atomic E-state index is 12.2. The summed E-state index contributed by atoms with van der Waals surface area (Å²) in [4.78, 5) is 0.233. The number of hydrogen-bond acceptors (Lipinski definition) is 2. The summed E-state index contributed by atoms with van der Waals surface area (Å²) < 4.78 is 25.3. The zero-order valence-corrected chi connectivity index (χ0v) is 13.8. The highest BCUT2D eigenvalue weighted by atomic mass is 79.9. The van der Waals surface area contributed by atoms with Gasteiger partial charge in [-0.1, -0.05) is 57.4 Å². The second kappa shape index (κ2) is 6.12. The van der Waals surface area contributed by atoms with E-state index in [-0.39, 0.29) is 9.93 Å². The smallest absolute Gasteiger partial charge is 0.201 e. The summed E-state index contributed by atoms with van der Waals surface area (Å²) in [6.07, 6.45) is 0. The van der Waals surface area contributed by atoms with Crippen molar-refractivity contribution < 1.29 is 8.42 Å². The van der Waals surface area contributed by atoms with Gasteiger partial charge in [0.15, 0.2) is 0 Å². The predicted molar refractivity (Wildman–Crippen MR) is 86.3 cm³/mol. The van der Waals surface area contributed by atoms with Crippen LogP contribution in [0.25, 0.3) is 5.03 Å². The summed E-state index contributed by atoms with van der Waals surface area (Å²) in [7, 11) is -3.55. The first-order chi connectivity index (χ1) is 9.38. The Hall–Kier alpha value is -1.10. The SMILES string of the molecule is Cc1ccc(S(=O)(=O)/C=C(\Cl)c2cccc(Br)c2)cc1. The van der Waals surface area contributed by atoms with Crippen LogP contribution in [0.1, 0.15) is 11.1 Å². The first kappa shape index (κ1) is 15.3. The molecule has 0 saturated carbocycles. The van der Waals surface area contributed by atoms with E-state index >= 15 is 0 Å². The molecule has 0 atom stereocenters. The quantitative estimate of drug-likeness (QED) is 0.779. The highest BCUT2D eigenvalue weighted by molar-refractivity contribution is 9.10. The molecule has 0 aliphatic carbocycles. The Morgan fingerprint density at radius 3 is 2.40 bits per heavy atom. The van der Waals surface area contributed by atoms with E-state index < -0.39 is 9.84 Å². The van der Waals surface area contributed by atoms with E-state index in [0.717, 1.165) is 15.4 Å². The third kappa shape index (κ3) is 3.72. The molecule has 104 valence electrons. The monoisotopic (exact) mass is 370 g/mol. The maximum Gasteiger partial charge on any atom is 0.201 e. The molecule has 2 rings (SSSR count). The van der Waals surface area contributed by atoms with Crippen molar-refractivity contribution >= 4 is 42.4 Å². The average molecular weight is 372 g/mol. The van der Waals surface area contributed by atoms with E-state index in [0.29, 0.717) is 5.56 Å². The molecule has 20 heavy (non-hydrogen) atoms. The van der Waals surface area contributed by atoms with Gasteiger partial charge in [0.1, 0.15) is 0 Å². The van der Waals surface area contributed by atoms with Crippen molar-refractivity contribution in [3.05, 3.63) is 69.5 Å². The fourth-order valence-corrected chi connectivity index (χ4v) is 3.57. The molecule has 0 bridgehead atoms. The predicted octanol–water partition coefficient (Wildman–Crippen LogP) is 4.77. The van der Waals surface area contributed by atoms with E-state index in [9.17, 15) is 8.42 Å². The van der Waals surface area contributed by atoms with Gasteiger partial charge in [0.05, 0.1) is 15.3 Å². The maximum absolute atomic E-state index is 12.2. The molecule has 0 radical (unpaired) electrons. The van der Waals surface area contributed by atoms with E-state index in [1.807, 2.05) is 13.0 Å². The number of benzene rings is 2. The minimum atomic E-state index is -3.55. The molecule has 2 aromatic carbocycles. The summed E-state index contributed by atoms with van der Waals surface area (Å²) in [5.74, 6) is 0. The normalized spacial score (nSPS) is 12.4. The molecule has 2 aromatic rings. The Labute approximate surface area is 132 Å². The zero-order valence-electron chi connectivity index (χ0n) is 10.7. The van der Waals surface area contributed by atoms with Crippen LogP contribution < -0.4 is 0 Å². The Morgan fingerprint density at radius 2 is 1.80 bits per heavy atom. The lowest BCUT2D eigenvalue weighted by Gasteiger charge is -2.03. The zero-order chi connectivity index (χ0) is 14.8. The minimum absolute atomic E-state index is 0.187. The van der Waals surface area contributed by atoms with Crippen molar-refractivity contribution in [2.45, 2.75) is 11.8 Å². The second-order valence-electron chi connectivity index (χ2n) is 4.33. The van der Waals surface area contributed by atoms with Crippen molar-refractivity contribution in [3.8, 4) is 0 Å². The average Bonchev–Trinajstić information content (AvgIpc) is 2.38. The van der Waals surface area contributed by atoms with Gasteiger partial charge in [-0.05, 0) is 36.8 Å². The van der Waals surface area contributed by atoms with E-state index in [4.69, 9.17) is 11.6 Å². The Kier molecular flexibility index (Phi) is 4.68. The molecule has 0 aliphatic heterocycles. The molecule has 5 heteroatoms. The molecule has 0 fully saturated rings. The van der Waals surface area contributed by atoms with Gasteiger partial charge in [0, 0.05) is 4.47 Å². The summed E-state index contributed by atoms with van der Waals surface area (Å²) >= 11 is 9.43. The molecule has 0 amide bonds. The molecule has 0 unspecified atom stereocenters.